The van der Waals surface area contributed by atoms with Crippen molar-refractivity contribution >= 4 is 42.6 Å². The molecule has 0 spiro atoms. The molecule has 0 saturated carbocycles. The summed E-state index contributed by atoms with van der Waals surface area (Å²) in [6.07, 6.45) is 5.65. The zero-order valence-electron chi connectivity index (χ0n) is 12.6. The Kier molecular flexibility index (Phi) is 5.45. The van der Waals surface area contributed by atoms with Crippen LogP contribution in [0, 0.1) is 6.92 Å². The molecule has 118 valence electrons. The van der Waals surface area contributed by atoms with E-state index in [1.165, 1.54) is 10.0 Å². The number of benzene rings is 2. The molecular formula is C18H16Cl2N2Se. The van der Waals surface area contributed by atoms with Crippen molar-refractivity contribution in [3.05, 3.63) is 82.4 Å². The number of halogens is 2. The van der Waals surface area contributed by atoms with E-state index in [1.54, 1.807) is 6.20 Å². The average molecular weight is 410 g/mol. The zero-order chi connectivity index (χ0) is 16.2. The van der Waals surface area contributed by atoms with Crippen molar-refractivity contribution in [3.63, 3.8) is 0 Å². The average Bonchev–Trinajstić information content (AvgIpc) is 3.00. The molecule has 1 aromatic heterocycles. The van der Waals surface area contributed by atoms with Crippen molar-refractivity contribution < 1.29 is 0 Å². The minimum atomic E-state index is 0.258. The Balaban J connectivity index is 1.92. The summed E-state index contributed by atoms with van der Waals surface area (Å²) < 4.78 is 3.47. The molecule has 1 heterocycles. The van der Waals surface area contributed by atoms with E-state index in [1.807, 2.05) is 30.7 Å². The van der Waals surface area contributed by atoms with Crippen molar-refractivity contribution in [3.8, 4) is 0 Å². The first-order valence-corrected chi connectivity index (χ1v) is 9.86. The van der Waals surface area contributed by atoms with Crippen LogP contribution in [0.4, 0.5) is 0 Å². The van der Waals surface area contributed by atoms with E-state index in [4.69, 9.17) is 23.2 Å². The number of aryl methyl sites for hydroxylation is 1. The monoisotopic (exact) mass is 410 g/mol. The maximum atomic E-state index is 6.46. The molecule has 0 saturated heterocycles. The van der Waals surface area contributed by atoms with Crippen LogP contribution in [0.15, 0.2) is 61.2 Å². The Bertz CT molecular complexity index is 787. The summed E-state index contributed by atoms with van der Waals surface area (Å²) in [6.45, 7) is 2.98. The number of nitrogens with zero attached hydrogens (tertiary/aromatic N) is 2. The van der Waals surface area contributed by atoms with Gasteiger partial charge >= 0.3 is 153 Å². The molecule has 0 bridgehead atoms. The second-order valence-corrected chi connectivity index (χ2v) is 8.87. The van der Waals surface area contributed by atoms with Gasteiger partial charge in [-0.3, -0.25) is 0 Å². The fraction of sp³-hybridized carbons (Fsp3) is 0.167. The van der Waals surface area contributed by atoms with Gasteiger partial charge in [-0.05, 0) is 0 Å². The summed E-state index contributed by atoms with van der Waals surface area (Å²) in [4.78, 5) is 4.46. The predicted molar refractivity (Wildman–Crippen MR) is 98.0 cm³/mol. The van der Waals surface area contributed by atoms with Crippen LogP contribution in [-0.4, -0.2) is 24.5 Å². The van der Waals surface area contributed by atoms with Gasteiger partial charge in [0.1, 0.15) is 0 Å². The number of rotatable bonds is 5. The van der Waals surface area contributed by atoms with Crippen molar-refractivity contribution in [2.45, 2.75) is 18.3 Å². The molecule has 2 aromatic carbocycles. The summed E-state index contributed by atoms with van der Waals surface area (Å²) in [7, 11) is 0. The van der Waals surface area contributed by atoms with Crippen LogP contribution < -0.4 is 4.46 Å². The Hall–Kier alpha value is -1.25. The predicted octanol–water partition coefficient (Wildman–Crippen LogP) is 4.27. The molecule has 0 N–H and O–H groups in total. The van der Waals surface area contributed by atoms with Crippen LogP contribution in [0.1, 0.15) is 15.9 Å². The molecule has 0 amide bonds. The minimum absolute atomic E-state index is 0.258. The molecule has 1 atom stereocenters. The van der Waals surface area contributed by atoms with Gasteiger partial charge in [0.05, 0.1) is 0 Å². The summed E-state index contributed by atoms with van der Waals surface area (Å²) in [5.41, 5.74) is 2.43. The first-order chi connectivity index (χ1) is 11.1. The van der Waals surface area contributed by atoms with E-state index in [-0.39, 0.29) is 15.0 Å². The first-order valence-electron chi connectivity index (χ1n) is 7.26. The van der Waals surface area contributed by atoms with Gasteiger partial charge in [0, 0.05) is 0 Å². The summed E-state index contributed by atoms with van der Waals surface area (Å²) >= 11 is 12.8. The number of hydrogen-bond acceptors (Lipinski definition) is 1. The van der Waals surface area contributed by atoms with Crippen molar-refractivity contribution in [2.24, 2.45) is 0 Å². The van der Waals surface area contributed by atoms with Gasteiger partial charge in [-0.15, -0.1) is 0 Å². The van der Waals surface area contributed by atoms with Crippen molar-refractivity contribution in [1.29, 1.82) is 0 Å². The van der Waals surface area contributed by atoms with Crippen LogP contribution >= 0.6 is 23.2 Å². The molecule has 23 heavy (non-hydrogen) atoms. The van der Waals surface area contributed by atoms with Gasteiger partial charge in [-0.2, -0.15) is 0 Å². The third-order valence-corrected chi connectivity index (χ3v) is 6.62. The molecule has 1 unspecified atom stereocenters. The molecule has 3 rings (SSSR count). The molecule has 0 radical (unpaired) electrons. The Morgan fingerprint density at radius 3 is 2.74 bits per heavy atom. The van der Waals surface area contributed by atoms with Crippen LogP contribution in [0.2, 0.25) is 10.0 Å². The van der Waals surface area contributed by atoms with Gasteiger partial charge in [0.2, 0.25) is 0 Å². The molecule has 0 fully saturated rings. The quantitative estimate of drug-likeness (QED) is 0.575. The van der Waals surface area contributed by atoms with E-state index in [0.717, 1.165) is 17.1 Å². The Morgan fingerprint density at radius 1 is 1.17 bits per heavy atom. The van der Waals surface area contributed by atoms with Crippen LogP contribution in [0.5, 0.6) is 0 Å². The van der Waals surface area contributed by atoms with Gasteiger partial charge in [0.25, 0.3) is 0 Å². The third-order valence-electron chi connectivity index (χ3n) is 3.51. The molecule has 2 nitrogen and oxygen atoms in total. The second kappa shape index (κ2) is 7.55. The second-order valence-electron chi connectivity index (χ2n) is 5.35. The summed E-state index contributed by atoms with van der Waals surface area (Å²) in [5, 5.41) is 1.40. The number of imidazole rings is 1. The van der Waals surface area contributed by atoms with E-state index in [2.05, 4.69) is 40.7 Å². The van der Waals surface area contributed by atoms with Crippen LogP contribution in [0.3, 0.4) is 0 Å². The van der Waals surface area contributed by atoms with E-state index < -0.39 is 0 Å². The standard InChI is InChI=1S/C18H16Cl2N2Se/c1-13-3-2-4-15(9-13)23-18(11-22-8-7-21-12-22)16-6-5-14(19)10-17(16)20/h2-10,12,18H,11H2,1H3. The van der Waals surface area contributed by atoms with Gasteiger partial charge in [-0.25, -0.2) is 0 Å². The van der Waals surface area contributed by atoms with Crippen molar-refractivity contribution in [2.75, 3.05) is 0 Å². The molecular weight excluding hydrogens is 394 g/mol. The normalized spacial score (nSPS) is 12.3. The maximum absolute atomic E-state index is 6.46. The van der Waals surface area contributed by atoms with Gasteiger partial charge in [0.15, 0.2) is 0 Å². The summed E-state index contributed by atoms with van der Waals surface area (Å²) in [6, 6.07) is 14.5. The SMILES string of the molecule is Cc1cccc([Se]C(Cn2ccnc2)c2ccc(Cl)cc2Cl)c1. The number of aromatic nitrogens is 2. The number of hydrogen-bond donors (Lipinski definition) is 0. The topological polar surface area (TPSA) is 17.8 Å². The molecule has 0 aliphatic rings. The van der Waals surface area contributed by atoms with Gasteiger partial charge < -0.3 is 0 Å². The molecule has 0 aliphatic heterocycles. The van der Waals surface area contributed by atoms with Crippen LogP contribution in [-0.2, 0) is 6.54 Å². The first kappa shape index (κ1) is 16.6. The van der Waals surface area contributed by atoms with E-state index in [0.29, 0.717) is 9.84 Å². The fourth-order valence-corrected chi connectivity index (χ4v) is 5.85. The van der Waals surface area contributed by atoms with Crippen LogP contribution in [0.25, 0.3) is 0 Å². The summed E-state index contributed by atoms with van der Waals surface area (Å²) in [5.74, 6) is 0. The van der Waals surface area contributed by atoms with Crippen molar-refractivity contribution in [1.82, 2.24) is 9.55 Å². The third kappa shape index (κ3) is 4.39. The van der Waals surface area contributed by atoms with E-state index in [9.17, 15) is 0 Å². The van der Waals surface area contributed by atoms with E-state index >= 15 is 0 Å². The Morgan fingerprint density at radius 2 is 2.04 bits per heavy atom. The Labute approximate surface area is 152 Å². The molecule has 3 aromatic rings. The fourth-order valence-electron chi connectivity index (χ4n) is 2.40. The molecule has 0 aliphatic carbocycles. The van der Waals surface area contributed by atoms with Gasteiger partial charge in [-0.1, -0.05) is 0 Å². The molecule has 5 heteroatoms. The zero-order valence-corrected chi connectivity index (χ0v) is 15.8.